The number of rotatable bonds is 11. The standard InChI is InChI=1S/C30H39NO8/c1-20(32)37-25-15-10-22(11-16-25)19-36-31-26(33)17-14-24(28(35)39-30(5,6)7)18-21-8-12-23(13-9-21)27(34)38-29(2,3)4/h8-13,15-16,24H,14,17-19H2,1-7H3,(H,31,33). The van der Waals surface area contributed by atoms with Gasteiger partial charge in [0.1, 0.15) is 17.0 Å². The molecular formula is C30H39NO8. The van der Waals surface area contributed by atoms with E-state index in [4.69, 9.17) is 19.0 Å². The van der Waals surface area contributed by atoms with Crippen molar-refractivity contribution in [3.8, 4) is 5.75 Å². The molecule has 1 amide bonds. The van der Waals surface area contributed by atoms with Gasteiger partial charge in [-0.2, -0.15) is 0 Å². The molecule has 0 fully saturated rings. The van der Waals surface area contributed by atoms with Gasteiger partial charge in [0.15, 0.2) is 0 Å². The summed E-state index contributed by atoms with van der Waals surface area (Å²) in [7, 11) is 0. The van der Waals surface area contributed by atoms with Crippen LogP contribution in [-0.2, 0) is 41.7 Å². The van der Waals surface area contributed by atoms with Crippen LogP contribution in [0.3, 0.4) is 0 Å². The summed E-state index contributed by atoms with van der Waals surface area (Å²) in [5, 5.41) is 0. The lowest BCUT2D eigenvalue weighted by atomic mass is 9.94. The molecule has 212 valence electrons. The first-order valence-corrected chi connectivity index (χ1v) is 12.8. The summed E-state index contributed by atoms with van der Waals surface area (Å²) >= 11 is 0. The molecule has 0 saturated carbocycles. The first-order valence-electron chi connectivity index (χ1n) is 12.8. The average molecular weight is 542 g/mol. The van der Waals surface area contributed by atoms with Gasteiger partial charge in [0, 0.05) is 13.3 Å². The van der Waals surface area contributed by atoms with E-state index >= 15 is 0 Å². The zero-order valence-corrected chi connectivity index (χ0v) is 23.8. The maximum absolute atomic E-state index is 12.9. The number of nitrogens with one attached hydrogen (secondary N) is 1. The SMILES string of the molecule is CC(=O)Oc1ccc(CONC(=O)CCC(Cc2ccc(C(=O)OC(C)(C)C)cc2)C(=O)OC(C)(C)C)cc1. The van der Waals surface area contributed by atoms with Gasteiger partial charge in [-0.15, -0.1) is 0 Å². The Morgan fingerprint density at radius 3 is 1.90 bits per heavy atom. The largest absolute Gasteiger partial charge is 0.460 e. The van der Waals surface area contributed by atoms with E-state index in [1.165, 1.54) is 6.92 Å². The van der Waals surface area contributed by atoms with Crippen molar-refractivity contribution in [1.82, 2.24) is 5.48 Å². The first-order chi connectivity index (χ1) is 18.1. The third kappa shape index (κ3) is 12.6. The quantitative estimate of drug-likeness (QED) is 0.237. The number of carbonyl (C=O) groups excluding carboxylic acids is 4. The monoisotopic (exact) mass is 541 g/mol. The number of hydrogen-bond donors (Lipinski definition) is 1. The van der Waals surface area contributed by atoms with Gasteiger partial charge in [0.05, 0.1) is 18.1 Å². The smallest absolute Gasteiger partial charge is 0.338 e. The van der Waals surface area contributed by atoms with Gasteiger partial charge < -0.3 is 14.2 Å². The van der Waals surface area contributed by atoms with E-state index in [-0.39, 0.29) is 25.4 Å². The van der Waals surface area contributed by atoms with Crippen LogP contribution in [-0.4, -0.2) is 35.0 Å². The molecule has 0 spiro atoms. The van der Waals surface area contributed by atoms with Gasteiger partial charge in [-0.25, -0.2) is 10.3 Å². The van der Waals surface area contributed by atoms with E-state index in [1.54, 1.807) is 90.1 Å². The fourth-order valence-electron chi connectivity index (χ4n) is 3.46. The van der Waals surface area contributed by atoms with Gasteiger partial charge in [-0.1, -0.05) is 24.3 Å². The van der Waals surface area contributed by atoms with Gasteiger partial charge in [0.25, 0.3) is 0 Å². The van der Waals surface area contributed by atoms with Crippen LogP contribution in [0.2, 0.25) is 0 Å². The molecule has 0 radical (unpaired) electrons. The zero-order valence-electron chi connectivity index (χ0n) is 23.8. The Bertz CT molecular complexity index is 1130. The Morgan fingerprint density at radius 1 is 0.795 bits per heavy atom. The molecule has 2 aromatic carbocycles. The highest BCUT2D eigenvalue weighted by atomic mass is 16.6. The highest BCUT2D eigenvalue weighted by Crippen LogP contribution is 2.21. The van der Waals surface area contributed by atoms with Gasteiger partial charge in [0.2, 0.25) is 5.91 Å². The molecular weight excluding hydrogens is 502 g/mol. The molecule has 9 nitrogen and oxygen atoms in total. The Labute approximate surface area is 230 Å². The van der Waals surface area contributed by atoms with E-state index < -0.39 is 35.0 Å². The highest BCUT2D eigenvalue weighted by molar-refractivity contribution is 5.89. The number of benzene rings is 2. The minimum absolute atomic E-state index is 0.0469. The molecule has 2 aromatic rings. The Hall–Kier alpha value is -3.72. The van der Waals surface area contributed by atoms with Crippen molar-refractivity contribution in [3.63, 3.8) is 0 Å². The summed E-state index contributed by atoms with van der Waals surface area (Å²) in [5.74, 6) is -1.76. The predicted octanol–water partition coefficient (Wildman–Crippen LogP) is 5.10. The van der Waals surface area contributed by atoms with E-state index in [0.717, 1.165) is 11.1 Å². The summed E-state index contributed by atoms with van der Waals surface area (Å²) in [6, 6.07) is 13.6. The van der Waals surface area contributed by atoms with E-state index in [0.29, 0.717) is 17.7 Å². The van der Waals surface area contributed by atoms with Crippen molar-refractivity contribution in [2.45, 2.75) is 85.5 Å². The van der Waals surface area contributed by atoms with Gasteiger partial charge in [-0.05, 0) is 89.8 Å². The van der Waals surface area contributed by atoms with Crippen LogP contribution < -0.4 is 10.2 Å². The number of amides is 1. The number of hydrogen-bond acceptors (Lipinski definition) is 8. The van der Waals surface area contributed by atoms with Gasteiger partial charge in [-0.3, -0.25) is 19.2 Å². The van der Waals surface area contributed by atoms with Crippen LogP contribution in [0.1, 0.15) is 82.8 Å². The lowest BCUT2D eigenvalue weighted by Gasteiger charge is -2.24. The maximum Gasteiger partial charge on any atom is 0.338 e. The number of carbonyl (C=O) groups is 4. The van der Waals surface area contributed by atoms with Crippen LogP contribution in [0.15, 0.2) is 48.5 Å². The first kappa shape index (κ1) is 31.5. The molecule has 0 aliphatic heterocycles. The minimum atomic E-state index is -0.674. The van der Waals surface area contributed by atoms with Gasteiger partial charge >= 0.3 is 17.9 Å². The van der Waals surface area contributed by atoms with E-state index in [9.17, 15) is 19.2 Å². The summed E-state index contributed by atoms with van der Waals surface area (Å²) in [6.45, 7) is 12.2. The number of ether oxygens (including phenoxy) is 3. The van der Waals surface area contributed by atoms with Crippen LogP contribution in [0, 0.1) is 5.92 Å². The molecule has 9 heteroatoms. The maximum atomic E-state index is 12.9. The second-order valence-corrected chi connectivity index (χ2v) is 11.2. The van der Waals surface area contributed by atoms with Crippen LogP contribution in [0.4, 0.5) is 0 Å². The van der Waals surface area contributed by atoms with Crippen molar-refractivity contribution >= 4 is 23.8 Å². The van der Waals surface area contributed by atoms with Crippen molar-refractivity contribution < 1.29 is 38.2 Å². The van der Waals surface area contributed by atoms with Crippen LogP contribution >= 0.6 is 0 Å². The molecule has 1 atom stereocenters. The van der Waals surface area contributed by atoms with Crippen molar-refractivity contribution in [2.75, 3.05) is 0 Å². The van der Waals surface area contributed by atoms with Crippen molar-refractivity contribution in [3.05, 3.63) is 65.2 Å². The van der Waals surface area contributed by atoms with Crippen molar-refractivity contribution in [2.24, 2.45) is 5.92 Å². The molecule has 0 aliphatic rings. The summed E-state index contributed by atoms with van der Waals surface area (Å²) in [5.41, 5.74) is 3.13. The Morgan fingerprint density at radius 2 is 1.36 bits per heavy atom. The molecule has 0 aromatic heterocycles. The number of hydroxylamine groups is 1. The molecule has 39 heavy (non-hydrogen) atoms. The molecule has 0 heterocycles. The van der Waals surface area contributed by atoms with Crippen LogP contribution in [0.5, 0.6) is 5.75 Å². The zero-order chi connectivity index (χ0) is 29.2. The second-order valence-electron chi connectivity index (χ2n) is 11.2. The van der Waals surface area contributed by atoms with E-state index in [1.807, 2.05) is 0 Å². The molecule has 0 bridgehead atoms. The third-order valence-corrected chi connectivity index (χ3v) is 5.14. The summed E-state index contributed by atoms with van der Waals surface area (Å²) in [6.07, 6.45) is 0.632. The lowest BCUT2D eigenvalue weighted by molar-refractivity contribution is -0.160. The topological polar surface area (TPSA) is 117 Å². The summed E-state index contributed by atoms with van der Waals surface area (Å²) in [4.78, 5) is 53.9. The molecule has 0 saturated heterocycles. The lowest BCUT2D eigenvalue weighted by Crippen LogP contribution is -2.31. The Balaban J connectivity index is 1.94. The number of esters is 3. The fraction of sp³-hybridized carbons (Fsp3) is 0.467. The average Bonchev–Trinajstić information content (AvgIpc) is 2.80. The minimum Gasteiger partial charge on any atom is -0.460 e. The molecule has 2 rings (SSSR count). The third-order valence-electron chi connectivity index (χ3n) is 5.14. The normalized spacial score (nSPS) is 12.3. The molecule has 1 unspecified atom stereocenters. The molecule has 1 N–H and O–H groups in total. The summed E-state index contributed by atoms with van der Waals surface area (Å²) < 4.78 is 16.0. The highest BCUT2D eigenvalue weighted by Gasteiger charge is 2.26. The molecule has 0 aliphatic carbocycles. The Kier molecular flexibility index (Phi) is 11.2. The van der Waals surface area contributed by atoms with E-state index in [2.05, 4.69) is 5.48 Å². The van der Waals surface area contributed by atoms with Crippen molar-refractivity contribution in [1.29, 1.82) is 0 Å². The predicted molar refractivity (Wildman–Crippen MR) is 145 cm³/mol. The fourth-order valence-corrected chi connectivity index (χ4v) is 3.46. The van der Waals surface area contributed by atoms with Crippen LogP contribution in [0.25, 0.3) is 0 Å². The second kappa shape index (κ2) is 13.9.